The Balaban J connectivity index is 1.51. The quantitative estimate of drug-likeness (QED) is 0.273. The van der Waals surface area contributed by atoms with E-state index < -0.39 is 58.3 Å². The zero-order valence-corrected chi connectivity index (χ0v) is 16.2. The summed E-state index contributed by atoms with van der Waals surface area (Å²) in [6, 6.07) is 2.34. The Morgan fingerprint density at radius 3 is 2.72 bits per heavy atom. The van der Waals surface area contributed by atoms with Gasteiger partial charge >= 0.3 is 11.9 Å². The summed E-state index contributed by atoms with van der Waals surface area (Å²) in [6.45, 7) is 3.49. The molecule has 2 fully saturated rings. The van der Waals surface area contributed by atoms with Gasteiger partial charge in [0.1, 0.15) is 23.9 Å². The number of hydrogen-bond acceptors (Lipinski definition) is 7. The summed E-state index contributed by atoms with van der Waals surface area (Å²) in [7, 11) is 0. The number of carbonyl (C=O) groups is 5. The number of benzene rings is 1. The van der Waals surface area contributed by atoms with Crippen molar-refractivity contribution in [1.82, 2.24) is 10.2 Å². The number of nitrogens with zero attached hydrogens (tertiary/aromatic N) is 1. The minimum Gasteiger partial charge on any atom is -0.480 e. The first kappa shape index (κ1) is 19.2. The molecular weight excluding hydrogens is 402 g/mol. The maximum absolute atomic E-state index is 12.6. The van der Waals surface area contributed by atoms with Crippen LogP contribution < -0.4 is 15.4 Å². The first-order valence-electron chi connectivity index (χ1n) is 8.77. The summed E-state index contributed by atoms with van der Waals surface area (Å²) in [5, 5.41) is 14.1. The average molecular weight is 419 g/mol. The summed E-state index contributed by atoms with van der Waals surface area (Å²) in [5.41, 5.74) is 0.336. The van der Waals surface area contributed by atoms with Crippen molar-refractivity contribution in [3.05, 3.63) is 23.8 Å². The molecule has 0 aromatic heterocycles. The first-order chi connectivity index (χ1) is 13.6. The fourth-order valence-electron chi connectivity index (χ4n) is 3.71. The van der Waals surface area contributed by atoms with Crippen LogP contribution in [0.2, 0.25) is 0 Å². The highest BCUT2D eigenvalue weighted by molar-refractivity contribution is 8.01. The molecular formula is C18H17N3O7S. The molecule has 3 aliphatic rings. The molecule has 152 valence electrons. The van der Waals surface area contributed by atoms with E-state index in [0.717, 1.165) is 0 Å². The summed E-state index contributed by atoms with van der Waals surface area (Å²) >= 11 is 1.32. The third-order valence-electron chi connectivity index (χ3n) is 5.01. The number of hydrogen-bond donors (Lipinski definition) is 3. The van der Waals surface area contributed by atoms with E-state index in [1.807, 2.05) is 0 Å². The normalized spacial score (nSPS) is 27.0. The predicted octanol–water partition coefficient (Wildman–Crippen LogP) is 0.179. The highest BCUT2D eigenvalue weighted by Crippen LogP contribution is 2.50. The third kappa shape index (κ3) is 3.11. The van der Waals surface area contributed by atoms with E-state index in [1.165, 1.54) is 34.9 Å². The van der Waals surface area contributed by atoms with Crippen molar-refractivity contribution in [2.45, 2.75) is 42.5 Å². The van der Waals surface area contributed by atoms with Crippen LogP contribution in [-0.2, 0) is 19.2 Å². The van der Waals surface area contributed by atoms with E-state index in [9.17, 15) is 29.1 Å². The Morgan fingerprint density at radius 2 is 2.03 bits per heavy atom. The van der Waals surface area contributed by atoms with Crippen molar-refractivity contribution in [2.75, 3.05) is 5.32 Å². The summed E-state index contributed by atoms with van der Waals surface area (Å²) in [5.74, 6) is -3.23. The van der Waals surface area contributed by atoms with Crippen molar-refractivity contribution in [3.63, 3.8) is 0 Å². The van der Waals surface area contributed by atoms with Crippen LogP contribution in [0, 0.1) is 0 Å². The number of nitrogens with one attached hydrogen (secondary N) is 2. The van der Waals surface area contributed by atoms with E-state index in [1.54, 1.807) is 13.8 Å². The predicted molar refractivity (Wildman–Crippen MR) is 100 cm³/mol. The van der Waals surface area contributed by atoms with Crippen LogP contribution in [0.15, 0.2) is 18.2 Å². The lowest BCUT2D eigenvalue weighted by atomic mass is 9.96. The zero-order valence-electron chi connectivity index (χ0n) is 15.4. The van der Waals surface area contributed by atoms with Crippen LogP contribution in [-0.4, -0.2) is 61.9 Å². The summed E-state index contributed by atoms with van der Waals surface area (Å²) < 4.78 is 4.34. The van der Waals surface area contributed by atoms with Gasteiger partial charge in [0.15, 0.2) is 5.75 Å². The molecule has 0 spiro atoms. The van der Waals surface area contributed by atoms with Crippen LogP contribution >= 0.6 is 11.8 Å². The monoisotopic (exact) mass is 419 g/mol. The summed E-state index contributed by atoms with van der Waals surface area (Å²) in [6.07, 6.45) is -0.429. The lowest BCUT2D eigenvalue weighted by molar-refractivity contribution is -0.159. The molecule has 3 aliphatic heterocycles. The molecule has 11 heteroatoms. The third-order valence-corrected chi connectivity index (χ3v) is 6.58. The number of ether oxygens (including phenoxy) is 1. The highest BCUT2D eigenvalue weighted by Gasteiger charge is 2.64. The van der Waals surface area contributed by atoms with Crippen molar-refractivity contribution in [1.29, 1.82) is 0 Å². The molecule has 3 heterocycles. The molecule has 1 aromatic carbocycles. The molecule has 3 unspecified atom stereocenters. The van der Waals surface area contributed by atoms with E-state index in [-0.39, 0.29) is 17.0 Å². The van der Waals surface area contributed by atoms with Crippen LogP contribution in [0.25, 0.3) is 0 Å². The van der Waals surface area contributed by atoms with Gasteiger partial charge in [-0.05, 0) is 32.0 Å². The van der Waals surface area contributed by atoms with Crippen molar-refractivity contribution >= 4 is 47.1 Å². The van der Waals surface area contributed by atoms with Crippen molar-refractivity contribution in [2.24, 2.45) is 0 Å². The van der Waals surface area contributed by atoms with Crippen LogP contribution in [0.4, 0.5) is 5.69 Å². The first-order valence-corrected chi connectivity index (χ1v) is 9.65. The number of rotatable bonds is 3. The number of carboxylic acid groups (broad SMARTS) is 1. The van der Waals surface area contributed by atoms with Crippen LogP contribution in [0.1, 0.15) is 30.6 Å². The number of anilines is 1. The number of carbonyl (C=O) groups excluding carboxylic acids is 4. The zero-order chi connectivity index (χ0) is 21.1. The second-order valence-electron chi connectivity index (χ2n) is 7.46. The van der Waals surface area contributed by atoms with Gasteiger partial charge in [-0.3, -0.25) is 19.2 Å². The Labute approximate surface area is 168 Å². The second-order valence-corrected chi connectivity index (χ2v) is 9.23. The fraction of sp³-hybridized carbons (Fsp3) is 0.389. The molecule has 29 heavy (non-hydrogen) atoms. The molecule has 0 radical (unpaired) electrons. The van der Waals surface area contributed by atoms with Gasteiger partial charge in [0, 0.05) is 10.3 Å². The van der Waals surface area contributed by atoms with Gasteiger partial charge in [-0.15, -0.1) is 11.8 Å². The molecule has 3 amide bonds. The van der Waals surface area contributed by atoms with Gasteiger partial charge < -0.3 is 25.4 Å². The van der Waals surface area contributed by atoms with Gasteiger partial charge in [-0.2, -0.15) is 0 Å². The number of aliphatic carboxylic acids is 1. The van der Waals surface area contributed by atoms with Gasteiger partial charge in [0.05, 0.1) is 5.69 Å². The number of amides is 3. The second kappa shape index (κ2) is 6.48. The van der Waals surface area contributed by atoms with E-state index >= 15 is 0 Å². The maximum Gasteiger partial charge on any atom is 0.327 e. The Bertz CT molecular complexity index is 976. The molecule has 1 aromatic rings. The lowest BCUT2D eigenvalue weighted by Gasteiger charge is -2.43. The van der Waals surface area contributed by atoms with Gasteiger partial charge in [-0.1, -0.05) is 0 Å². The minimum atomic E-state index is -1.08. The van der Waals surface area contributed by atoms with Gasteiger partial charge in [0.25, 0.3) is 5.91 Å². The standard InChI is InChI=1S/C18H17N3O7S/c1-18(2)13(17(26)27)21-15(25)12(16(21)29-18)20-14(24)7-3-4-9-8(5-7)19-10(22)6-11(23)28-9/h3-5,12-13,16H,6H2,1-2H3,(H,19,22)(H,20,24)(H,26,27). The molecule has 2 saturated heterocycles. The lowest BCUT2D eigenvalue weighted by Crippen LogP contribution is -2.70. The van der Waals surface area contributed by atoms with Crippen molar-refractivity contribution in [3.8, 4) is 5.75 Å². The van der Waals surface area contributed by atoms with E-state index in [4.69, 9.17) is 4.74 Å². The maximum atomic E-state index is 12.6. The highest BCUT2D eigenvalue weighted by atomic mass is 32.2. The number of thioether (sulfide) groups is 1. The number of carboxylic acids is 1. The fourth-order valence-corrected chi connectivity index (χ4v) is 5.34. The molecule has 3 atom stereocenters. The topological polar surface area (TPSA) is 142 Å². The molecule has 0 bridgehead atoms. The van der Waals surface area contributed by atoms with Crippen LogP contribution in [0.3, 0.4) is 0 Å². The minimum absolute atomic E-state index is 0.126. The number of esters is 1. The Kier molecular flexibility index (Phi) is 4.30. The molecule has 3 N–H and O–H groups in total. The largest absolute Gasteiger partial charge is 0.480 e. The average Bonchev–Trinajstić information content (AvgIpc) is 2.78. The molecule has 0 saturated carbocycles. The SMILES string of the molecule is CC1(C)SC2C(NC(=O)c3ccc4c(c3)NC(=O)CC(=O)O4)C(=O)N2C1C(=O)O. The molecule has 10 nitrogen and oxygen atoms in total. The van der Waals surface area contributed by atoms with Crippen LogP contribution in [0.5, 0.6) is 5.75 Å². The van der Waals surface area contributed by atoms with Gasteiger partial charge in [0.2, 0.25) is 11.8 Å². The molecule has 0 aliphatic carbocycles. The van der Waals surface area contributed by atoms with Gasteiger partial charge in [-0.25, -0.2) is 4.79 Å². The van der Waals surface area contributed by atoms with E-state index in [2.05, 4.69) is 10.6 Å². The Morgan fingerprint density at radius 1 is 1.31 bits per heavy atom. The number of fused-ring (bicyclic) bond motifs is 2. The number of β-lactam (4-membered cyclic amide) rings is 1. The Hall–Kier alpha value is -3.08. The molecule has 4 rings (SSSR count). The van der Waals surface area contributed by atoms with Crippen molar-refractivity contribution < 1.29 is 33.8 Å². The summed E-state index contributed by atoms with van der Waals surface area (Å²) in [4.78, 5) is 61.1. The van der Waals surface area contributed by atoms with E-state index in [0.29, 0.717) is 0 Å². The smallest absolute Gasteiger partial charge is 0.327 e.